The van der Waals surface area contributed by atoms with Crippen LogP contribution in [0.15, 0.2) is 24.8 Å². The van der Waals surface area contributed by atoms with Crippen LogP contribution in [-0.4, -0.2) is 11.5 Å². The van der Waals surface area contributed by atoms with E-state index in [2.05, 4.69) is 11.9 Å². The molecule has 0 aliphatic carbocycles. The molecule has 0 radical (unpaired) electrons. The summed E-state index contributed by atoms with van der Waals surface area (Å²) in [6, 6.07) is 2.01. The number of hydrogen-bond donors (Lipinski definition) is 1. The quantitative estimate of drug-likeness (QED) is 0.374. The van der Waals surface area contributed by atoms with Crippen LogP contribution < -0.4 is 5.32 Å². The minimum atomic E-state index is -0.687. The van der Waals surface area contributed by atoms with Crippen molar-refractivity contribution in [3.05, 3.63) is 45.7 Å². The maximum Gasteiger partial charge on any atom is 0.294 e. The second-order valence-electron chi connectivity index (χ2n) is 3.04. The lowest BCUT2D eigenvalue weighted by Crippen LogP contribution is -2.04. The summed E-state index contributed by atoms with van der Waals surface area (Å²) in [6.45, 7) is 3.96. The third-order valence-electron chi connectivity index (χ3n) is 1.90. The summed E-state index contributed by atoms with van der Waals surface area (Å²) in [5, 5.41) is 13.2. The second-order valence-corrected chi connectivity index (χ2v) is 3.45. The molecule has 6 heteroatoms. The number of nitro benzene ring substituents is 1. The van der Waals surface area contributed by atoms with Gasteiger partial charge in [-0.3, -0.25) is 10.1 Å². The van der Waals surface area contributed by atoms with Crippen molar-refractivity contribution in [2.75, 3.05) is 11.9 Å². The molecular formula is C10H10ClFN2O2. The molecule has 0 saturated carbocycles. The van der Waals surface area contributed by atoms with Crippen LogP contribution in [0.25, 0.3) is 0 Å². The molecule has 0 spiro atoms. The second kappa shape index (κ2) is 5.46. The Morgan fingerprint density at radius 2 is 2.31 bits per heavy atom. The van der Waals surface area contributed by atoms with E-state index in [0.717, 1.165) is 12.1 Å². The molecular weight excluding hydrogens is 235 g/mol. The molecule has 0 saturated heterocycles. The van der Waals surface area contributed by atoms with Crippen molar-refractivity contribution in [3.63, 3.8) is 0 Å². The largest absolute Gasteiger partial charge is 0.379 e. The lowest BCUT2D eigenvalue weighted by atomic mass is 10.2. The van der Waals surface area contributed by atoms with E-state index in [0.29, 0.717) is 13.0 Å². The molecule has 0 unspecified atom stereocenters. The maximum absolute atomic E-state index is 13.1. The van der Waals surface area contributed by atoms with Crippen molar-refractivity contribution < 1.29 is 9.31 Å². The van der Waals surface area contributed by atoms with Crippen LogP contribution in [0.4, 0.5) is 15.8 Å². The summed E-state index contributed by atoms with van der Waals surface area (Å²) in [5.74, 6) is -0.687. The van der Waals surface area contributed by atoms with Gasteiger partial charge in [0.05, 0.1) is 9.95 Å². The van der Waals surface area contributed by atoms with Crippen LogP contribution in [0.3, 0.4) is 0 Å². The van der Waals surface area contributed by atoms with Gasteiger partial charge in [-0.1, -0.05) is 17.7 Å². The Morgan fingerprint density at radius 1 is 1.62 bits per heavy atom. The third-order valence-corrected chi connectivity index (χ3v) is 2.19. The van der Waals surface area contributed by atoms with E-state index in [-0.39, 0.29) is 16.4 Å². The Kier molecular flexibility index (Phi) is 4.25. The van der Waals surface area contributed by atoms with Gasteiger partial charge in [-0.25, -0.2) is 4.39 Å². The van der Waals surface area contributed by atoms with Crippen molar-refractivity contribution in [3.8, 4) is 0 Å². The molecule has 0 aliphatic heterocycles. The average molecular weight is 245 g/mol. The summed E-state index contributed by atoms with van der Waals surface area (Å²) in [7, 11) is 0. The highest BCUT2D eigenvalue weighted by molar-refractivity contribution is 6.31. The lowest BCUT2D eigenvalue weighted by Gasteiger charge is -2.06. The van der Waals surface area contributed by atoms with Gasteiger partial charge >= 0.3 is 0 Å². The molecule has 16 heavy (non-hydrogen) atoms. The molecule has 0 atom stereocenters. The smallest absolute Gasteiger partial charge is 0.294 e. The first kappa shape index (κ1) is 12.4. The van der Waals surface area contributed by atoms with Crippen molar-refractivity contribution in [1.82, 2.24) is 0 Å². The molecule has 4 nitrogen and oxygen atoms in total. The Bertz CT molecular complexity index is 424. The van der Waals surface area contributed by atoms with Crippen LogP contribution in [0, 0.1) is 15.9 Å². The maximum atomic E-state index is 13.1. The normalized spacial score (nSPS) is 9.88. The van der Waals surface area contributed by atoms with E-state index in [1.807, 2.05) is 0 Å². The molecule has 1 aromatic carbocycles. The fraction of sp³-hybridized carbons (Fsp3) is 0.200. The van der Waals surface area contributed by atoms with Crippen LogP contribution in [0.1, 0.15) is 6.42 Å². The van der Waals surface area contributed by atoms with Gasteiger partial charge in [0.15, 0.2) is 0 Å². The minimum Gasteiger partial charge on any atom is -0.379 e. The van der Waals surface area contributed by atoms with Gasteiger partial charge in [0.1, 0.15) is 11.5 Å². The fourth-order valence-corrected chi connectivity index (χ4v) is 1.30. The molecule has 0 fully saturated rings. The van der Waals surface area contributed by atoms with Crippen molar-refractivity contribution in [2.24, 2.45) is 0 Å². The van der Waals surface area contributed by atoms with Gasteiger partial charge in [0.2, 0.25) is 0 Å². The third kappa shape index (κ3) is 2.93. The minimum absolute atomic E-state index is 0.119. The molecule has 0 heterocycles. The number of nitrogens with one attached hydrogen (secondary N) is 1. The number of halogens is 2. The summed E-state index contributed by atoms with van der Waals surface area (Å²) < 4.78 is 13.1. The molecule has 0 bridgehead atoms. The first-order valence-electron chi connectivity index (χ1n) is 4.54. The Labute approximate surface area is 96.9 Å². The van der Waals surface area contributed by atoms with Crippen molar-refractivity contribution in [1.29, 1.82) is 0 Å². The molecule has 0 aromatic heterocycles. The molecule has 1 rings (SSSR count). The molecule has 1 aromatic rings. The zero-order chi connectivity index (χ0) is 12.1. The zero-order valence-corrected chi connectivity index (χ0v) is 9.13. The van der Waals surface area contributed by atoms with E-state index >= 15 is 0 Å². The van der Waals surface area contributed by atoms with Crippen LogP contribution in [0.5, 0.6) is 0 Å². The van der Waals surface area contributed by atoms with Gasteiger partial charge < -0.3 is 5.32 Å². The van der Waals surface area contributed by atoms with Crippen LogP contribution in [0.2, 0.25) is 5.02 Å². The topological polar surface area (TPSA) is 55.2 Å². The van der Waals surface area contributed by atoms with Gasteiger partial charge in [0, 0.05) is 18.7 Å². The molecule has 0 amide bonds. The predicted octanol–water partition coefficient (Wildman–Crippen LogP) is 3.38. The van der Waals surface area contributed by atoms with Crippen molar-refractivity contribution >= 4 is 23.0 Å². The van der Waals surface area contributed by atoms with E-state index < -0.39 is 10.7 Å². The number of nitrogens with zero attached hydrogens (tertiary/aromatic N) is 1. The zero-order valence-electron chi connectivity index (χ0n) is 8.37. The number of nitro groups is 1. The highest BCUT2D eigenvalue weighted by Crippen LogP contribution is 2.30. The number of anilines is 1. The van der Waals surface area contributed by atoms with Crippen LogP contribution >= 0.6 is 11.6 Å². The van der Waals surface area contributed by atoms with Gasteiger partial charge in [-0.2, -0.15) is 0 Å². The van der Waals surface area contributed by atoms with E-state index in [1.54, 1.807) is 6.08 Å². The summed E-state index contributed by atoms with van der Waals surface area (Å²) in [4.78, 5) is 10.1. The SMILES string of the molecule is C=CCCNc1cc(F)c(Cl)cc1[N+](=O)[O-]. The number of benzene rings is 1. The van der Waals surface area contributed by atoms with E-state index in [1.165, 1.54) is 0 Å². The molecule has 86 valence electrons. The first-order chi connectivity index (χ1) is 7.56. The summed E-state index contributed by atoms with van der Waals surface area (Å²) in [5.41, 5.74) is -0.121. The standard InChI is InChI=1S/C10H10ClFN2O2/c1-2-3-4-13-9-6-8(12)7(11)5-10(9)14(15)16/h2,5-6,13H,1,3-4H2. The van der Waals surface area contributed by atoms with Crippen LogP contribution in [-0.2, 0) is 0 Å². The van der Waals surface area contributed by atoms with E-state index in [9.17, 15) is 14.5 Å². The Balaban J connectivity index is 3.00. The monoisotopic (exact) mass is 244 g/mol. The van der Waals surface area contributed by atoms with E-state index in [4.69, 9.17) is 11.6 Å². The molecule has 1 N–H and O–H groups in total. The van der Waals surface area contributed by atoms with Gasteiger partial charge in [-0.05, 0) is 6.42 Å². The average Bonchev–Trinajstić information content (AvgIpc) is 2.23. The highest BCUT2D eigenvalue weighted by Gasteiger charge is 2.17. The highest BCUT2D eigenvalue weighted by atomic mass is 35.5. The summed E-state index contributed by atoms with van der Waals surface area (Å²) >= 11 is 5.47. The van der Waals surface area contributed by atoms with Crippen molar-refractivity contribution in [2.45, 2.75) is 6.42 Å². The lowest BCUT2D eigenvalue weighted by molar-refractivity contribution is -0.384. The van der Waals surface area contributed by atoms with Gasteiger partial charge in [0.25, 0.3) is 5.69 Å². The Hall–Kier alpha value is -1.62. The molecule has 0 aliphatic rings. The number of rotatable bonds is 5. The van der Waals surface area contributed by atoms with Gasteiger partial charge in [-0.15, -0.1) is 6.58 Å². The predicted molar refractivity (Wildman–Crippen MR) is 61.4 cm³/mol. The fourth-order valence-electron chi connectivity index (χ4n) is 1.14. The Morgan fingerprint density at radius 3 is 2.88 bits per heavy atom. The first-order valence-corrected chi connectivity index (χ1v) is 4.92. The summed E-state index contributed by atoms with van der Waals surface area (Å²) in [6.07, 6.45) is 2.28. The number of hydrogen-bond acceptors (Lipinski definition) is 3.